The van der Waals surface area contributed by atoms with Gasteiger partial charge < -0.3 is 10.1 Å². The van der Waals surface area contributed by atoms with Crippen molar-refractivity contribution in [2.75, 3.05) is 9.74 Å². The van der Waals surface area contributed by atoms with Gasteiger partial charge in [0.1, 0.15) is 11.9 Å². The number of benzene rings is 1. The Morgan fingerprint density at radius 3 is 2.79 bits per heavy atom. The molecule has 4 heteroatoms. The van der Waals surface area contributed by atoms with Crippen LogP contribution in [0.3, 0.4) is 0 Å². The summed E-state index contributed by atoms with van der Waals surface area (Å²) in [6.45, 7) is 8.21. The molecule has 1 aromatic rings. The van der Waals surface area contributed by atoms with Crippen LogP contribution < -0.4 is 10.1 Å². The van der Waals surface area contributed by atoms with Gasteiger partial charge in [0.05, 0.1) is 11.1 Å². The zero-order valence-electron chi connectivity index (χ0n) is 11.6. The van der Waals surface area contributed by atoms with Gasteiger partial charge in [0.25, 0.3) is 0 Å². The van der Waals surface area contributed by atoms with Crippen LogP contribution >= 0.6 is 22.6 Å². The predicted octanol–water partition coefficient (Wildman–Crippen LogP) is 3.52. The van der Waals surface area contributed by atoms with Crippen LogP contribution in [0.4, 0.5) is 5.69 Å². The van der Waals surface area contributed by atoms with Crippen LogP contribution in [-0.4, -0.2) is 16.4 Å². The Labute approximate surface area is 127 Å². The van der Waals surface area contributed by atoms with Crippen molar-refractivity contribution in [3.05, 3.63) is 22.8 Å². The third-order valence-electron chi connectivity index (χ3n) is 4.41. The van der Waals surface area contributed by atoms with Crippen molar-refractivity contribution >= 4 is 34.2 Å². The number of ether oxygens (including phenoxy) is 1. The number of amides is 1. The third-order valence-corrected chi connectivity index (χ3v) is 5.27. The maximum atomic E-state index is 12.2. The summed E-state index contributed by atoms with van der Waals surface area (Å²) in [5.74, 6) is 1.40. The minimum Gasteiger partial charge on any atom is -0.488 e. The molecule has 3 nitrogen and oxygen atoms in total. The van der Waals surface area contributed by atoms with E-state index in [0.717, 1.165) is 27.0 Å². The first-order chi connectivity index (χ1) is 8.87. The summed E-state index contributed by atoms with van der Waals surface area (Å²) in [4.78, 5) is 12.2. The molecule has 2 aliphatic rings. The average molecular weight is 371 g/mol. The highest BCUT2D eigenvalue weighted by Crippen LogP contribution is 2.52. The van der Waals surface area contributed by atoms with Gasteiger partial charge in [-0.3, -0.25) is 4.79 Å². The predicted molar refractivity (Wildman–Crippen MR) is 84.6 cm³/mol. The van der Waals surface area contributed by atoms with Crippen LogP contribution in [-0.2, 0) is 10.2 Å². The monoisotopic (exact) mass is 371 g/mol. The molecule has 2 aliphatic heterocycles. The summed E-state index contributed by atoms with van der Waals surface area (Å²) < 4.78 is 7.11. The number of nitrogens with one attached hydrogen (secondary N) is 1. The van der Waals surface area contributed by atoms with E-state index in [9.17, 15) is 4.79 Å². The van der Waals surface area contributed by atoms with E-state index in [2.05, 4.69) is 47.8 Å². The summed E-state index contributed by atoms with van der Waals surface area (Å²) in [5, 5.41) is 3.01. The van der Waals surface area contributed by atoms with E-state index < -0.39 is 5.41 Å². The fourth-order valence-corrected chi connectivity index (χ4v) is 3.99. The molecule has 2 heterocycles. The number of alkyl halides is 1. The van der Waals surface area contributed by atoms with Crippen molar-refractivity contribution in [3.8, 4) is 5.75 Å². The molecule has 0 saturated carbocycles. The van der Waals surface area contributed by atoms with Crippen molar-refractivity contribution in [1.29, 1.82) is 0 Å². The molecule has 0 spiro atoms. The van der Waals surface area contributed by atoms with Gasteiger partial charge in [-0.1, -0.05) is 29.5 Å². The summed E-state index contributed by atoms with van der Waals surface area (Å²) in [5.41, 5.74) is 3.88. The Kier molecular flexibility index (Phi) is 2.86. The van der Waals surface area contributed by atoms with E-state index >= 15 is 0 Å². The van der Waals surface area contributed by atoms with Crippen molar-refractivity contribution in [2.24, 2.45) is 0 Å². The molecule has 3 rings (SSSR count). The van der Waals surface area contributed by atoms with E-state index in [4.69, 9.17) is 4.74 Å². The molecule has 102 valence electrons. The Hall–Kier alpha value is -0.780. The number of hydrogen-bond acceptors (Lipinski definition) is 2. The van der Waals surface area contributed by atoms with Gasteiger partial charge in [-0.2, -0.15) is 0 Å². The second-order valence-electron chi connectivity index (χ2n) is 6.04. The first-order valence-corrected chi connectivity index (χ1v) is 8.12. The number of anilines is 1. The van der Waals surface area contributed by atoms with Crippen molar-refractivity contribution < 1.29 is 9.53 Å². The van der Waals surface area contributed by atoms with Crippen molar-refractivity contribution in [3.63, 3.8) is 0 Å². The van der Waals surface area contributed by atoms with E-state index in [0.29, 0.717) is 5.92 Å². The van der Waals surface area contributed by atoms with Crippen LogP contribution in [0, 0.1) is 6.92 Å². The fraction of sp³-hybridized carbons (Fsp3) is 0.533. The molecular weight excluding hydrogens is 353 g/mol. The molecule has 0 fully saturated rings. The summed E-state index contributed by atoms with van der Waals surface area (Å²) in [6.07, 6.45) is 0.216. The van der Waals surface area contributed by atoms with Gasteiger partial charge in [0.15, 0.2) is 0 Å². The Morgan fingerprint density at radius 2 is 2.16 bits per heavy atom. The lowest BCUT2D eigenvalue weighted by Crippen LogP contribution is -2.27. The van der Waals surface area contributed by atoms with Gasteiger partial charge in [-0.25, -0.2) is 0 Å². The molecule has 1 aromatic carbocycles. The molecule has 19 heavy (non-hydrogen) atoms. The molecule has 0 radical (unpaired) electrons. The number of fused-ring (bicyclic) bond motifs is 3. The Balaban J connectivity index is 2.26. The minimum absolute atomic E-state index is 0.0631. The van der Waals surface area contributed by atoms with E-state index in [1.165, 1.54) is 5.56 Å². The second kappa shape index (κ2) is 4.11. The number of carbonyl (C=O) groups is 1. The Morgan fingerprint density at radius 1 is 1.47 bits per heavy atom. The molecule has 0 bridgehead atoms. The van der Waals surface area contributed by atoms with Crippen molar-refractivity contribution in [2.45, 2.75) is 45.1 Å². The third kappa shape index (κ3) is 1.65. The summed E-state index contributed by atoms with van der Waals surface area (Å²) in [7, 11) is 0. The van der Waals surface area contributed by atoms with E-state index in [1.54, 1.807) is 0 Å². The highest BCUT2D eigenvalue weighted by Gasteiger charge is 2.46. The number of rotatable bonds is 1. The topological polar surface area (TPSA) is 38.3 Å². The van der Waals surface area contributed by atoms with Gasteiger partial charge >= 0.3 is 0 Å². The zero-order chi connectivity index (χ0) is 13.9. The zero-order valence-corrected chi connectivity index (χ0v) is 13.8. The Bertz CT molecular complexity index is 580. The van der Waals surface area contributed by atoms with E-state index in [-0.39, 0.29) is 12.0 Å². The lowest BCUT2D eigenvalue weighted by atomic mass is 9.82. The molecule has 1 N–H and O–H groups in total. The number of halogens is 1. The molecular formula is C15H18INO2. The summed E-state index contributed by atoms with van der Waals surface area (Å²) >= 11 is 2.37. The largest absolute Gasteiger partial charge is 0.488 e. The smallest absolute Gasteiger partial charge is 0.234 e. The lowest BCUT2D eigenvalue weighted by Gasteiger charge is -2.19. The normalized spacial score (nSPS) is 26.7. The van der Waals surface area contributed by atoms with Crippen LogP contribution in [0.25, 0.3) is 0 Å². The van der Waals surface area contributed by atoms with Gasteiger partial charge in [0.2, 0.25) is 5.91 Å². The lowest BCUT2D eigenvalue weighted by molar-refractivity contribution is -0.119. The SMILES string of the molecule is Cc1cc2c(c3c1NC(=O)C3(C)C)OC(CI)C2C. The highest BCUT2D eigenvalue weighted by molar-refractivity contribution is 14.1. The summed E-state index contributed by atoms with van der Waals surface area (Å²) in [6, 6.07) is 2.17. The first kappa shape index (κ1) is 13.2. The maximum Gasteiger partial charge on any atom is 0.234 e. The van der Waals surface area contributed by atoms with Gasteiger partial charge in [-0.05, 0) is 32.4 Å². The fourth-order valence-electron chi connectivity index (χ4n) is 3.05. The van der Waals surface area contributed by atoms with Crippen LogP contribution in [0.1, 0.15) is 43.4 Å². The van der Waals surface area contributed by atoms with Gasteiger partial charge in [-0.15, -0.1) is 0 Å². The highest BCUT2D eigenvalue weighted by atomic mass is 127. The first-order valence-electron chi connectivity index (χ1n) is 6.60. The standard InChI is InChI=1S/C15H18INO2/c1-7-5-9-8(2)10(6-16)19-13(9)11-12(7)17-14(18)15(11,3)4/h5,8,10H,6H2,1-4H3,(H,17,18). The number of carbonyl (C=O) groups excluding carboxylic acids is 1. The van der Waals surface area contributed by atoms with E-state index in [1.807, 2.05) is 13.8 Å². The molecule has 0 aromatic heterocycles. The number of aryl methyl sites for hydroxylation is 1. The molecule has 1 amide bonds. The van der Waals surface area contributed by atoms with Crippen LogP contribution in [0.5, 0.6) is 5.75 Å². The van der Waals surface area contributed by atoms with Gasteiger partial charge in [0, 0.05) is 21.5 Å². The molecule has 0 saturated heterocycles. The second-order valence-corrected chi connectivity index (χ2v) is 6.92. The molecule has 0 aliphatic carbocycles. The van der Waals surface area contributed by atoms with Crippen LogP contribution in [0.15, 0.2) is 6.07 Å². The van der Waals surface area contributed by atoms with Crippen molar-refractivity contribution in [1.82, 2.24) is 0 Å². The average Bonchev–Trinajstić information content (AvgIpc) is 2.78. The maximum absolute atomic E-state index is 12.2. The molecule has 2 unspecified atom stereocenters. The number of hydrogen-bond donors (Lipinski definition) is 1. The quantitative estimate of drug-likeness (QED) is 0.606. The van der Waals surface area contributed by atoms with Crippen LogP contribution in [0.2, 0.25) is 0 Å². The molecule has 2 atom stereocenters. The minimum atomic E-state index is -0.509.